The number of anilines is 1. The van der Waals surface area contributed by atoms with Gasteiger partial charge in [0.2, 0.25) is 5.91 Å². The molecule has 1 fully saturated rings. The third kappa shape index (κ3) is 2.51. The molecule has 86 valence electrons. The van der Waals surface area contributed by atoms with Crippen LogP contribution in [0.1, 0.15) is 12.8 Å². The van der Waals surface area contributed by atoms with E-state index in [1.807, 2.05) is 0 Å². The minimum atomic E-state index is -0.529. The second kappa shape index (κ2) is 4.80. The van der Waals surface area contributed by atoms with Crippen molar-refractivity contribution in [3.63, 3.8) is 0 Å². The molecule has 1 saturated heterocycles. The van der Waals surface area contributed by atoms with E-state index in [9.17, 15) is 9.18 Å². The van der Waals surface area contributed by atoms with Crippen molar-refractivity contribution in [1.82, 2.24) is 5.32 Å². The predicted octanol–water partition coefficient (Wildman–Crippen LogP) is 2.17. The molecule has 1 aromatic carbocycles. The van der Waals surface area contributed by atoms with Crippen LogP contribution in [-0.4, -0.2) is 18.5 Å². The Morgan fingerprint density at radius 2 is 2.38 bits per heavy atom. The zero-order valence-electron chi connectivity index (χ0n) is 8.59. The molecule has 1 amide bonds. The summed E-state index contributed by atoms with van der Waals surface area (Å²) in [6.07, 6.45) is 1.81. The van der Waals surface area contributed by atoms with E-state index in [1.54, 1.807) is 6.07 Å². The summed E-state index contributed by atoms with van der Waals surface area (Å²) in [4.78, 5) is 11.7. The SMILES string of the molecule is O=C(Nc1ccc(Cl)c(F)c1)[C@H]1CCCN1. The molecule has 16 heavy (non-hydrogen) atoms. The number of carbonyl (C=O) groups is 1. The van der Waals surface area contributed by atoms with E-state index in [0.29, 0.717) is 5.69 Å². The molecule has 0 aliphatic carbocycles. The van der Waals surface area contributed by atoms with Gasteiger partial charge in [-0.25, -0.2) is 4.39 Å². The maximum Gasteiger partial charge on any atom is 0.241 e. The summed E-state index contributed by atoms with van der Waals surface area (Å²) in [5.41, 5.74) is 0.431. The van der Waals surface area contributed by atoms with Gasteiger partial charge in [0.25, 0.3) is 0 Å². The summed E-state index contributed by atoms with van der Waals surface area (Å²) in [6, 6.07) is 4.06. The predicted molar refractivity (Wildman–Crippen MR) is 61.1 cm³/mol. The van der Waals surface area contributed by atoms with E-state index >= 15 is 0 Å². The summed E-state index contributed by atoms with van der Waals surface area (Å²) in [5, 5.41) is 5.78. The van der Waals surface area contributed by atoms with Gasteiger partial charge in [-0.3, -0.25) is 4.79 Å². The van der Waals surface area contributed by atoms with Gasteiger partial charge in [-0.05, 0) is 37.6 Å². The zero-order chi connectivity index (χ0) is 11.5. The van der Waals surface area contributed by atoms with Crippen molar-refractivity contribution >= 4 is 23.2 Å². The maximum absolute atomic E-state index is 13.1. The van der Waals surface area contributed by atoms with Crippen molar-refractivity contribution in [2.45, 2.75) is 18.9 Å². The Morgan fingerprint density at radius 1 is 1.56 bits per heavy atom. The average Bonchev–Trinajstić information content (AvgIpc) is 2.77. The number of halogens is 2. The third-order valence-electron chi connectivity index (χ3n) is 2.56. The van der Waals surface area contributed by atoms with Gasteiger partial charge in [0.1, 0.15) is 5.82 Å². The highest BCUT2D eigenvalue weighted by atomic mass is 35.5. The Kier molecular flexibility index (Phi) is 3.41. The van der Waals surface area contributed by atoms with Crippen molar-refractivity contribution in [1.29, 1.82) is 0 Å². The molecule has 0 radical (unpaired) electrons. The summed E-state index contributed by atoms with van der Waals surface area (Å²) in [7, 11) is 0. The van der Waals surface area contributed by atoms with Crippen LogP contribution in [0.2, 0.25) is 5.02 Å². The molecular formula is C11H12ClFN2O. The van der Waals surface area contributed by atoms with E-state index in [0.717, 1.165) is 19.4 Å². The molecule has 0 saturated carbocycles. The Hall–Kier alpha value is -1.13. The molecular weight excluding hydrogens is 231 g/mol. The molecule has 5 heteroatoms. The lowest BCUT2D eigenvalue weighted by molar-refractivity contribution is -0.117. The molecule has 1 aliphatic heterocycles. The minimum absolute atomic E-state index is 0.0528. The van der Waals surface area contributed by atoms with Crippen molar-refractivity contribution in [3.8, 4) is 0 Å². The van der Waals surface area contributed by atoms with Crippen LogP contribution >= 0.6 is 11.6 Å². The monoisotopic (exact) mass is 242 g/mol. The van der Waals surface area contributed by atoms with Gasteiger partial charge >= 0.3 is 0 Å². The lowest BCUT2D eigenvalue weighted by Gasteiger charge is -2.11. The summed E-state index contributed by atoms with van der Waals surface area (Å²) in [5.74, 6) is -0.655. The molecule has 1 heterocycles. The summed E-state index contributed by atoms with van der Waals surface area (Å²) in [6.45, 7) is 0.854. The largest absolute Gasteiger partial charge is 0.325 e. The lowest BCUT2D eigenvalue weighted by Crippen LogP contribution is -2.35. The first-order valence-corrected chi connectivity index (χ1v) is 5.54. The summed E-state index contributed by atoms with van der Waals surface area (Å²) >= 11 is 5.54. The first-order chi connectivity index (χ1) is 7.66. The highest BCUT2D eigenvalue weighted by molar-refractivity contribution is 6.30. The van der Waals surface area contributed by atoms with Crippen LogP contribution in [0.3, 0.4) is 0 Å². The second-order valence-corrected chi connectivity index (χ2v) is 4.17. The Labute approximate surface area is 98.0 Å². The Balaban J connectivity index is 2.02. The highest BCUT2D eigenvalue weighted by Gasteiger charge is 2.21. The molecule has 3 nitrogen and oxygen atoms in total. The molecule has 2 N–H and O–H groups in total. The van der Waals surface area contributed by atoms with E-state index in [2.05, 4.69) is 10.6 Å². The molecule has 1 aromatic rings. The highest BCUT2D eigenvalue weighted by Crippen LogP contribution is 2.19. The van der Waals surface area contributed by atoms with Gasteiger partial charge in [0.05, 0.1) is 11.1 Å². The molecule has 0 unspecified atom stereocenters. The standard InChI is InChI=1S/C11H12ClFN2O/c12-8-4-3-7(6-9(8)13)15-11(16)10-2-1-5-14-10/h3-4,6,10,14H,1-2,5H2,(H,15,16)/t10-/m1/s1. The number of rotatable bonds is 2. The van der Waals surface area contributed by atoms with E-state index in [1.165, 1.54) is 12.1 Å². The van der Waals surface area contributed by atoms with Gasteiger partial charge in [-0.15, -0.1) is 0 Å². The van der Waals surface area contributed by atoms with Gasteiger partial charge < -0.3 is 10.6 Å². The normalized spacial score (nSPS) is 19.8. The lowest BCUT2D eigenvalue weighted by atomic mass is 10.2. The number of nitrogens with one attached hydrogen (secondary N) is 2. The van der Waals surface area contributed by atoms with Crippen LogP contribution in [0, 0.1) is 5.82 Å². The van der Waals surface area contributed by atoms with Crippen LogP contribution in [0.15, 0.2) is 18.2 Å². The van der Waals surface area contributed by atoms with E-state index in [4.69, 9.17) is 11.6 Å². The zero-order valence-corrected chi connectivity index (χ0v) is 9.35. The number of hydrogen-bond acceptors (Lipinski definition) is 2. The maximum atomic E-state index is 13.1. The quantitative estimate of drug-likeness (QED) is 0.835. The molecule has 1 aliphatic rings. The summed E-state index contributed by atoms with van der Waals surface area (Å²) < 4.78 is 13.1. The second-order valence-electron chi connectivity index (χ2n) is 3.77. The molecule has 0 spiro atoms. The topological polar surface area (TPSA) is 41.1 Å². The van der Waals surface area contributed by atoms with Crippen LogP contribution < -0.4 is 10.6 Å². The van der Waals surface area contributed by atoms with Crippen LogP contribution in [0.4, 0.5) is 10.1 Å². The van der Waals surface area contributed by atoms with Crippen molar-refractivity contribution < 1.29 is 9.18 Å². The number of hydrogen-bond donors (Lipinski definition) is 2. The molecule has 0 bridgehead atoms. The molecule has 1 atom stereocenters. The number of amides is 1. The fourth-order valence-electron chi connectivity index (χ4n) is 1.71. The Morgan fingerprint density at radius 3 is 3.00 bits per heavy atom. The number of carbonyl (C=O) groups excluding carboxylic acids is 1. The van der Waals surface area contributed by atoms with Gasteiger partial charge in [0.15, 0.2) is 0 Å². The van der Waals surface area contributed by atoms with Crippen LogP contribution in [0.25, 0.3) is 0 Å². The minimum Gasteiger partial charge on any atom is -0.325 e. The van der Waals surface area contributed by atoms with Crippen LogP contribution in [-0.2, 0) is 4.79 Å². The fraction of sp³-hybridized carbons (Fsp3) is 0.364. The van der Waals surface area contributed by atoms with Crippen molar-refractivity contribution in [2.75, 3.05) is 11.9 Å². The average molecular weight is 243 g/mol. The van der Waals surface area contributed by atoms with Crippen molar-refractivity contribution in [3.05, 3.63) is 29.0 Å². The first-order valence-electron chi connectivity index (χ1n) is 5.16. The Bertz CT molecular complexity index is 405. The van der Waals surface area contributed by atoms with Crippen LogP contribution in [0.5, 0.6) is 0 Å². The molecule has 2 rings (SSSR count). The van der Waals surface area contributed by atoms with Crippen molar-refractivity contribution in [2.24, 2.45) is 0 Å². The van der Waals surface area contributed by atoms with Gasteiger partial charge in [-0.1, -0.05) is 11.6 Å². The molecule has 0 aromatic heterocycles. The van der Waals surface area contributed by atoms with Gasteiger partial charge in [-0.2, -0.15) is 0 Å². The third-order valence-corrected chi connectivity index (χ3v) is 2.87. The number of benzene rings is 1. The fourth-order valence-corrected chi connectivity index (χ4v) is 1.83. The smallest absolute Gasteiger partial charge is 0.241 e. The van der Waals surface area contributed by atoms with Gasteiger partial charge in [0, 0.05) is 5.69 Å². The first kappa shape index (κ1) is 11.4. The van der Waals surface area contributed by atoms with E-state index in [-0.39, 0.29) is 17.0 Å². The van der Waals surface area contributed by atoms with E-state index < -0.39 is 5.82 Å².